The number of carbonyl (C=O) groups is 1. The second-order valence-corrected chi connectivity index (χ2v) is 6.45. The van der Waals surface area contributed by atoms with Crippen molar-refractivity contribution in [3.05, 3.63) is 59.4 Å². The van der Waals surface area contributed by atoms with Gasteiger partial charge in [-0.1, -0.05) is 18.2 Å². The van der Waals surface area contributed by atoms with Gasteiger partial charge < -0.3 is 14.7 Å². The van der Waals surface area contributed by atoms with Crippen molar-refractivity contribution in [2.75, 3.05) is 19.7 Å². The van der Waals surface area contributed by atoms with E-state index in [1.54, 1.807) is 23.4 Å². The number of benzene rings is 1. The summed E-state index contributed by atoms with van der Waals surface area (Å²) in [6.07, 6.45) is 3.80. The summed E-state index contributed by atoms with van der Waals surface area (Å²) in [7, 11) is 0. The van der Waals surface area contributed by atoms with Crippen molar-refractivity contribution >= 4 is 5.91 Å². The molecule has 5 nitrogen and oxygen atoms in total. The molecule has 1 aliphatic heterocycles. The lowest BCUT2D eigenvalue weighted by molar-refractivity contribution is 0.00412. The van der Waals surface area contributed by atoms with Crippen LogP contribution in [0.5, 0.6) is 5.75 Å². The predicted molar refractivity (Wildman–Crippen MR) is 91.1 cm³/mol. The predicted octanol–water partition coefficient (Wildman–Crippen LogP) is 2.35. The first-order valence-corrected chi connectivity index (χ1v) is 8.09. The van der Waals surface area contributed by atoms with E-state index in [1.165, 1.54) is 0 Å². The second kappa shape index (κ2) is 6.61. The van der Waals surface area contributed by atoms with E-state index in [0.717, 1.165) is 16.9 Å². The molecule has 0 saturated carbocycles. The van der Waals surface area contributed by atoms with Crippen LogP contribution >= 0.6 is 0 Å². The maximum Gasteiger partial charge on any atom is 0.254 e. The molecule has 1 atom stereocenters. The van der Waals surface area contributed by atoms with Crippen molar-refractivity contribution in [1.29, 1.82) is 0 Å². The van der Waals surface area contributed by atoms with Crippen molar-refractivity contribution in [3.63, 3.8) is 0 Å². The van der Waals surface area contributed by atoms with Crippen LogP contribution in [0.2, 0.25) is 0 Å². The Labute approximate surface area is 141 Å². The number of nitrogens with zero attached hydrogens (tertiary/aromatic N) is 2. The van der Waals surface area contributed by atoms with Gasteiger partial charge in [-0.15, -0.1) is 0 Å². The van der Waals surface area contributed by atoms with E-state index in [-0.39, 0.29) is 19.1 Å². The summed E-state index contributed by atoms with van der Waals surface area (Å²) in [5.41, 5.74) is 1.49. The highest BCUT2D eigenvalue weighted by molar-refractivity contribution is 5.95. The van der Waals surface area contributed by atoms with E-state index in [2.05, 4.69) is 4.98 Å². The van der Waals surface area contributed by atoms with Crippen molar-refractivity contribution in [3.8, 4) is 5.75 Å². The van der Waals surface area contributed by atoms with Crippen LogP contribution in [-0.4, -0.2) is 46.2 Å². The van der Waals surface area contributed by atoms with Crippen LogP contribution in [0, 0.1) is 13.8 Å². The van der Waals surface area contributed by atoms with E-state index in [0.29, 0.717) is 18.5 Å². The number of carbonyl (C=O) groups excluding carboxylic acids is 1. The summed E-state index contributed by atoms with van der Waals surface area (Å²) in [5.74, 6) is 0.697. The van der Waals surface area contributed by atoms with Crippen LogP contribution in [-0.2, 0) is 0 Å². The smallest absolute Gasteiger partial charge is 0.254 e. The standard InChI is InChI=1S/C19H22N2O3/c1-14-5-3-4-6-17(14)24-13-19(23)8-10-21(12-19)18(22)16-7-9-20-11-15(16)2/h3-7,9,11,23H,8,10,12-13H2,1-2H3/t19-/m1/s1. The molecule has 1 saturated heterocycles. The molecule has 0 spiro atoms. The fourth-order valence-electron chi connectivity index (χ4n) is 2.96. The first kappa shape index (κ1) is 16.5. The molecule has 5 heteroatoms. The highest BCUT2D eigenvalue weighted by Crippen LogP contribution is 2.26. The highest BCUT2D eigenvalue weighted by Gasteiger charge is 2.39. The molecular formula is C19H22N2O3. The summed E-state index contributed by atoms with van der Waals surface area (Å²) < 4.78 is 5.78. The maximum absolute atomic E-state index is 12.6. The monoisotopic (exact) mass is 326 g/mol. The lowest BCUT2D eigenvalue weighted by Gasteiger charge is -2.24. The van der Waals surface area contributed by atoms with Crippen LogP contribution in [0.15, 0.2) is 42.7 Å². The fraction of sp³-hybridized carbons (Fsp3) is 0.368. The molecule has 0 bridgehead atoms. The van der Waals surface area contributed by atoms with Gasteiger partial charge in [0.05, 0.1) is 6.54 Å². The minimum atomic E-state index is -1.02. The number of para-hydroxylation sites is 1. The Morgan fingerprint density at radius 3 is 2.83 bits per heavy atom. The third-order valence-corrected chi connectivity index (χ3v) is 4.46. The van der Waals surface area contributed by atoms with Gasteiger partial charge in [0, 0.05) is 24.5 Å². The Balaban J connectivity index is 1.65. The summed E-state index contributed by atoms with van der Waals surface area (Å²) in [6.45, 7) is 4.81. The molecule has 0 radical (unpaired) electrons. The molecule has 0 unspecified atom stereocenters. The molecule has 0 aliphatic carbocycles. The van der Waals surface area contributed by atoms with Gasteiger partial charge in [0.15, 0.2) is 0 Å². The van der Waals surface area contributed by atoms with E-state index in [9.17, 15) is 9.90 Å². The number of rotatable bonds is 4. The largest absolute Gasteiger partial charge is 0.490 e. The second-order valence-electron chi connectivity index (χ2n) is 6.45. The summed E-state index contributed by atoms with van der Waals surface area (Å²) in [5, 5.41) is 10.7. The number of pyridine rings is 1. The summed E-state index contributed by atoms with van der Waals surface area (Å²) in [6, 6.07) is 9.43. The van der Waals surface area contributed by atoms with Crippen LogP contribution < -0.4 is 4.74 Å². The van der Waals surface area contributed by atoms with Crippen molar-refractivity contribution < 1.29 is 14.6 Å². The molecule has 2 aromatic rings. The summed E-state index contributed by atoms with van der Waals surface area (Å²) >= 11 is 0. The van der Waals surface area contributed by atoms with Gasteiger partial charge >= 0.3 is 0 Å². The Morgan fingerprint density at radius 2 is 2.08 bits per heavy atom. The van der Waals surface area contributed by atoms with Gasteiger partial charge in [0.2, 0.25) is 0 Å². The minimum Gasteiger partial charge on any atom is -0.490 e. The van der Waals surface area contributed by atoms with Gasteiger partial charge in [-0.2, -0.15) is 0 Å². The van der Waals surface area contributed by atoms with Gasteiger partial charge in [0.1, 0.15) is 18.0 Å². The maximum atomic E-state index is 12.6. The van der Waals surface area contributed by atoms with Gasteiger partial charge in [-0.25, -0.2) is 0 Å². The van der Waals surface area contributed by atoms with Gasteiger partial charge in [-0.3, -0.25) is 9.78 Å². The SMILES string of the molecule is Cc1ccccc1OC[C@@]1(O)CCN(C(=O)c2ccncc2C)C1. The molecule has 2 heterocycles. The number of amides is 1. The zero-order chi connectivity index (χ0) is 17.2. The number of β-amino-alcohol motifs (C(OH)–C–C–N with tert-alkyl or cyclic N) is 1. The third kappa shape index (κ3) is 3.41. The number of ether oxygens (including phenoxy) is 1. The molecule has 126 valence electrons. The molecule has 1 amide bonds. The molecule has 1 N–H and O–H groups in total. The highest BCUT2D eigenvalue weighted by atomic mass is 16.5. The zero-order valence-corrected chi connectivity index (χ0v) is 14.0. The topological polar surface area (TPSA) is 62.7 Å². The van der Waals surface area contributed by atoms with E-state index in [4.69, 9.17) is 4.74 Å². The number of hydrogen-bond donors (Lipinski definition) is 1. The van der Waals surface area contributed by atoms with Gasteiger partial charge in [0.25, 0.3) is 5.91 Å². The van der Waals surface area contributed by atoms with Gasteiger partial charge in [-0.05, 0) is 43.5 Å². The van der Waals surface area contributed by atoms with E-state index in [1.807, 2.05) is 38.1 Å². The molecule has 24 heavy (non-hydrogen) atoms. The van der Waals surface area contributed by atoms with E-state index >= 15 is 0 Å². The molecule has 1 aromatic carbocycles. The molecule has 3 rings (SSSR count). The lowest BCUT2D eigenvalue weighted by atomic mass is 10.1. The third-order valence-electron chi connectivity index (χ3n) is 4.46. The van der Waals surface area contributed by atoms with Crippen molar-refractivity contribution in [2.24, 2.45) is 0 Å². The lowest BCUT2D eigenvalue weighted by Crippen LogP contribution is -2.40. The van der Waals surface area contributed by atoms with Crippen LogP contribution in [0.4, 0.5) is 0 Å². The van der Waals surface area contributed by atoms with Crippen LogP contribution in [0.1, 0.15) is 27.9 Å². The average molecular weight is 326 g/mol. The van der Waals surface area contributed by atoms with Crippen LogP contribution in [0.25, 0.3) is 0 Å². The minimum absolute atomic E-state index is 0.0679. The first-order valence-electron chi connectivity index (χ1n) is 8.09. The normalized spacial score (nSPS) is 20.2. The number of aliphatic hydroxyl groups is 1. The van der Waals surface area contributed by atoms with Crippen molar-refractivity contribution in [2.45, 2.75) is 25.9 Å². The Hall–Kier alpha value is -2.40. The zero-order valence-electron chi connectivity index (χ0n) is 14.0. The number of likely N-dealkylation sites (tertiary alicyclic amines) is 1. The number of hydrogen-bond acceptors (Lipinski definition) is 4. The van der Waals surface area contributed by atoms with Crippen molar-refractivity contribution in [1.82, 2.24) is 9.88 Å². The first-order chi connectivity index (χ1) is 11.5. The number of aryl methyl sites for hydroxylation is 2. The Kier molecular flexibility index (Phi) is 4.53. The number of aromatic nitrogens is 1. The van der Waals surface area contributed by atoms with Crippen LogP contribution in [0.3, 0.4) is 0 Å². The van der Waals surface area contributed by atoms with E-state index < -0.39 is 5.60 Å². The molecule has 1 aromatic heterocycles. The Morgan fingerprint density at radius 1 is 1.29 bits per heavy atom. The average Bonchev–Trinajstić information content (AvgIpc) is 2.97. The fourth-order valence-corrected chi connectivity index (χ4v) is 2.96. The molecular weight excluding hydrogens is 304 g/mol. The quantitative estimate of drug-likeness (QED) is 0.937. The molecule has 1 aliphatic rings. The Bertz CT molecular complexity index is 747. The molecule has 1 fully saturated rings. The summed E-state index contributed by atoms with van der Waals surface area (Å²) in [4.78, 5) is 18.3.